The summed E-state index contributed by atoms with van der Waals surface area (Å²) in [5.41, 5.74) is 1.92. The second kappa shape index (κ2) is 7.35. The number of piperidine rings is 1. The number of likely N-dealkylation sites (tertiary alicyclic amines) is 1. The smallest absolute Gasteiger partial charge is 0.317 e. The highest BCUT2D eigenvalue weighted by Gasteiger charge is 2.27. The van der Waals surface area contributed by atoms with Crippen LogP contribution in [-0.4, -0.2) is 52.9 Å². The fourth-order valence-electron chi connectivity index (χ4n) is 3.28. The molecule has 0 aliphatic carbocycles. The summed E-state index contributed by atoms with van der Waals surface area (Å²) in [5.74, 6) is 0.0650. The van der Waals surface area contributed by atoms with Crippen LogP contribution in [0.1, 0.15) is 25.5 Å². The molecule has 2 aromatic rings. The number of halogens is 1. The molecule has 0 radical (unpaired) electrons. The molecule has 6 nitrogen and oxygen atoms in total. The van der Waals surface area contributed by atoms with Crippen molar-refractivity contribution in [3.63, 3.8) is 0 Å². The van der Waals surface area contributed by atoms with Gasteiger partial charge in [-0.05, 0) is 37.1 Å². The van der Waals surface area contributed by atoms with Crippen LogP contribution in [0.2, 0.25) is 5.02 Å². The molecule has 1 aromatic heterocycles. The summed E-state index contributed by atoms with van der Waals surface area (Å²) in [5, 5.41) is 4.65. The Balaban J connectivity index is 1.58. The highest BCUT2D eigenvalue weighted by molar-refractivity contribution is 6.31. The lowest BCUT2D eigenvalue weighted by atomic mass is 10.0. The van der Waals surface area contributed by atoms with E-state index in [-0.39, 0.29) is 18.0 Å². The Hall–Kier alpha value is -2.21. The zero-order chi connectivity index (χ0) is 18.0. The molecule has 0 saturated carbocycles. The summed E-state index contributed by atoms with van der Waals surface area (Å²) >= 11 is 6.00. The van der Waals surface area contributed by atoms with Gasteiger partial charge in [-0.3, -0.25) is 4.79 Å². The minimum atomic E-state index is -0.132. The lowest BCUT2D eigenvalue weighted by Gasteiger charge is -2.37. The van der Waals surface area contributed by atoms with Crippen molar-refractivity contribution in [3.05, 3.63) is 35.0 Å². The van der Waals surface area contributed by atoms with Gasteiger partial charge in [0, 0.05) is 48.7 Å². The molecule has 3 amide bonds. The van der Waals surface area contributed by atoms with E-state index in [4.69, 9.17) is 11.6 Å². The van der Waals surface area contributed by atoms with E-state index in [2.05, 4.69) is 10.3 Å². The quantitative estimate of drug-likeness (QED) is 0.881. The number of aromatic amines is 1. The van der Waals surface area contributed by atoms with Crippen molar-refractivity contribution in [2.24, 2.45) is 0 Å². The standard InChI is InChI=1S/C18H23ClN4O2/c1-12(24)23-7-3-4-16(11-23)22(2)18(25)20-10-15-9-13-8-14(19)5-6-17(13)21-15/h5-6,8-9,16,21H,3-4,7,10-11H2,1-2H3,(H,20,25)/t16-/m1/s1. The molecule has 0 spiro atoms. The van der Waals surface area contributed by atoms with Gasteiger partial charge in [0.1, 0.15) is 0 Å². The topological polar surface area (TPSA) is 68.4 Å². The summed E-state index contributed by atoms with van der Waals surface area (Å²) in [6.07, 6.45) is 1.84. The molecule has 2 N–H and O–H groups in total. The van der Waals surface area contributed by atoms with Gasteiger partial charge in [-0.15, -0.1) is 0 Å². The third-order valence-electron chi connectivity index (χ3n) is 4.78. The number of carbonyl (C=O) groups excluding carboxylic acids is 2. The monoisotopic (exact) mass is 362 g/mol. The van der Waals surface area contributed by atoms with E-state index in [0.29, 0.717) is 18.1 Å². The van der Waals surface area contributed by atoms with Gasteiger partial charge in [0.2, 0.25) is 5.91 Å². The summed E-state index contributed by atoms with van der Waals surface area (Å²) in [7, 11) is 1.79. The lowest BCUT2D eigenvalue weighted by molar-refractivity contribution is -0.130. The average molecular weight is 363 g/mol. The van der Waals surface area contributed by atoms with Crippen LogP contribution in [0.3, 0.4) is 0 Å². The molecule has 25 heavy (non-hydrogen) atoms. The first-order valence-corrected chi connectivity index (χ1v) is 8.85. The highest BCUT2D eigenvalue weighted by atomic mass is 35.5. The molecule has 1 aliphatic rings. The van der Waals surface area contributed by atoms with Crippen molar-refractivity contribution >= 4 is 34.4 Å². The Morgan fingerprint density at radius 3 is 2.96 bits per heavy atom. The second-order valence-electron chi connectivity index (χ2n) is 6.56. The van der Waals surface area contributed by atoms with E-state index in [9.17, 15) is 9.59 Å². The van der Waals surface area contributed by atoms with Crippen LogP contribution in [0.5, 0.6) is 0 Å². The van der Waals surface area contributed by atoms with Gasteiger partial charge in [0.05, 0.1) is 12.6 Å². The number of hydrogen-bond acceptors (Lipinski definition) is 2. The summed E-state index contributed by atoms with van der Waals surface area (Å²) in [4.78, 5) is 30.8. The summed E-state index contributed by atoms with van der Waals surface area (Å²) < 4.78 is 0. The maximum Gasteiger partial charge on any atom is 0.317 e. The fraction of sp³-hybridized carbons (Fsp3) is 0.444. The molecule has 3 rings (SSSR count). The van der Waals surface area contributed by atoms with Crippen molar-refractivity contribution in [3.8, 4) is 0 Å². The number of hydrogen-bond donors (Lipinski definition) is 2. The predicted octanol–water partition coefficient (Wildman–Crippen LogP) is 2.97. The second-order valence-corrected chi connectivity index (χ2v) is 6.99. The number of fused-ring (bicyclic) bond motifs is 1. The van der Waals surface area contributed by atoms with Crippen molar-refractivity contribution in [2.45, 2.75) is 32.4 Å². The number of rotatable bonds is 3. The molecule has 1 aromatic carbocycles. The average Bonchev–Trinajstić information content (AvgIpc) is 3.01. The van der Waals surface area contributed by atoms with Gasteiger partial charge < -0.3 is 20.1 Å². The normalized spacial score (nSPS) is 17.6. The number of H-pyrrole nitrogens is 1. The van der Waals surface area contributed by atoms with Crippen molar-refractivity contribution < 1.29 is 9.59 Å². The van der Waals surface area contributed by atoms with Crippen molar-refractivity contribution in [1.29, 1.82) is 0 Å². The number of urea groups is 1. The van der Waals surface area contributed by atoms with E-state index >= 15 is 0 Å². The molecular formula is C18H23ClN4O2. The molecule has 1 saturated heterocycles. The number of amides is 3. The Kier molecular flexibility index (Phi) is 5.18. The fourth-order valence-corrected chi connectivity index (χ4v) is 3.46. The Morgan fingerprint density at radius 2 is 2.20 bits per heavy atom. The molecule has 1 atom stereocenters. The van der Waals surface area contributed by atoms with Gasteiger partial charge in [-0.25, -0.2) is 4.79 Å². The molecule has 7 heteroatoms. The number of carbonyl (C=O) groups is 2. The molecule has 134 valence electrons. The number of likely N-dealkylation sites (N-methyl/N-ethyl adjacent to an activating group) is 1. The Morgan fingerprint density at radius 1 is 1.40 bits per heavy atom. The first kappa shape index (κ1) is 17.6. The van der Waals surface area contributed by atoms with E-state index in [1.54, 1.807) is 23.8 Å². The number of benzene rings is 1. The van der Waals surface area contributed by atoms with Crippen LogP contribution in [0.15, 0.2) is 24.3 Å². The lowest BCUT2D eigenvalue weighted by Crippen LogP contribution is -2.52. The van der Waals surface area contributed by atoms with Crippen molar-refractivity contribution in [1.82, 2.24) is 20.1 Å². The zero-order valence-electron chi connectivity index (χ0n) is 14.5. The third kappa shape index (κ3) is 4.07. The van der Waals surface area contributed by atoms with Gasteiger partial charge in [-0.2, -0.15) is 0 Å². The van der Waals surface area contributed by atoms with E-state index in [1.807, 2.05) is 24.3 Å². The van der Waals surface area contributed by atoms with Gasteiger partial charge in [-0.1, -0.05) is 11.6 Å². The highest BCUT2D eigenvalue weighted by Crippen LogP contribution is 2.20. The van der Waals surface area contributed by atoms with Gasteiger partial charge in [0.25, 0.3) is 0 Å². The maximum atomic E-state index is 12.4. The SMILES string of the molecule is CC(=O)N1CCC[C@@H](N(C)C(=O)NCc2cc3cc(Cl)ccc3[nH]2)C1. The van der Waals surface area contributed by atoms with Crippen LogP contribution >= 0.6 is 11.6 Å². The van der Waals surface area contributed by atoms with Crippen LogP contribution in [0.25, 0.3) is 10.9 Å². The molecule has 1 fully saturated rings. The molecule has 0 unspecified atom stereocenters. The zero-order valence-corrected chi connectivity index (χ0v) is 15.3. The molecule has 0 bridgehead atoms. The first-order chi connectivity index (χ1) is 11.9. The Bertz CT molecular complexity index is 788. The molecular weight excluding hydrogens is 340 g/mol. The maximum absolute atomic E-state index is 12.4. The number of aromatic nitrogens is 1. The number of nitrogens with one attached hydrogen (secondary N) is 2. The van der Waals surface area contributed by atoms with Crippen LogP contribution < -0.4 is 5.32 Å². The van der Waals surface area contributed by atoms with Gasteiger partial charge >= 0.3 is 6.03 Å². The van der Waals surface area contributed by atoms with Crippen LogP contribution in [0, 0.1) is 0 Å². The predicted molar refractivity (Wildman–Crippen MR) is 98.6 cm³/mol. The van der Waals surface area contributed by atoms with Crippen molar-refractivity contribution in [2.75, 3.05) is 20.1 Å². The number of nitrogens with zero attached hydrogens (tertiary/aromatic N) is 2. The van der Waals surface area contributed by atoms with Crippen LogP contribution in [-0.2, 0) is 11.3 Å². The first-order valence-electron chi connectivity index (χ1n) is 8.47. The van der Waals surface area contributed by atoms with Gasteiger partial charge in [0.15, 0.2) is 0 Å². The van der Waals surface area contributed by atoms with E-state index in [0.717, 1.165) is 36.0 Å². The minimum Gasteiger partial charge on any atom is -0.357 e. The molecule has 2 heterocycles. The van der Waals surface area contributed by atoms with Crippen LogP contribution in [0.4, 0.5) is 4.79 Å². The molecule has 1 aliphatic heterocycles. The third-order valence-corrected chi connectivity index (χ3v) is 5.01. The minimum absolute atomic E-state index is 0.0548. The van der Waals surface area contributed by atoms with E-state index in [1.165, 1.54) is 0 Å². The summed E-state index contributed by atoms with van der Waals surface area (Å²) in [6.45, 7) is 3.37. The van der Waals surface area contributed by atoms with E-state index < -0.39 is 0 Å². The largest absolute Gasteiger partial charge is 0.357 e. The Labute approximate surface area is 152 Å². The summed E-state index contributed by atoms with van der Waals surface area (Å²) in [6, 6.07) is 7.56.